The number of hydrogen-bond donors (Lipinski definition) is 4. The summed E-state index contributed by atoms with van der Waals surface area (Å²) in [6.45, 7) is 1.54. The summed E-state index contributed by atoms with van der Waals surface area (Å²) in [5.41, 5.74) is 9.81. The van der Waals surface area contributed by atoms with Gasteiger partial charge in [0, 0.05) is 26.1 Å². The molecule has 5 heteroatoms. The summed E-state index contributed by atoms with van der Waals surface area (Å²) in [6.07, 6.45) is 19.0. The molecule has 0 atom stereocenters. The highest BCUT2D eigenvalue weighted by Gasteiger charge is 1.97. The third kappa shape index (κ3) is 31.6. The summed E-state index contributed by atoms with van der Waals surface area (Å²) < 4.78 is 0. The lowest BCUT2D eigenvalue weighted by Crippen LogP contribution is -2.11. The second kappa shape index (κ2) is 25.6. The van der Waals surface area contributed by atoms with Crippen molar-refractivity contribution in [2.24, 2.45) is 11.5 Å². The van der Waals surface area contributed by atoms with Crippen LogP contribution in [0.25, 0.3) is 0 Å². The Balaban J connectivity index is 0. The molecule has 5 nitrogen and oxygen atoms in total. The average Bonchev–Trinajstić information content (AvgIpc) is 2.61. The van der Waals surface area contributed by atoms with Crippen LogP contribution in [0.4, 0.5) is 0 Å². The van der Waals surface area contributed by atoms with E-state index >= 15 is 0 Å². The van der Waals surface area contributed by atoms with Crippen LogP contribution >= 0.6 is 0 Å². The van der Waals surface area contributed by atoms with Crippen molar-refractivity contribution in [3.05, 3.63) is 0 Å². The van der Waals surface area contributed by atoms with Crippen LogP contribution in [0.3, 0.4) is 0 Å². The van der Waals surface area contributed by atoms with Gasteiger partial charge in [-0.3, -0.25) is 4.79 Å². The number of aliphatic hydroxyl groups is 1. The van der Waals surface area contributed by atoms with Gasteiger partial charge in [-0.25, -0.2) is 0 Å². The number of rotatable bonds is 18. The highest BCUT2D eigenvalue weighted by atomic mass is 16.4. The molecule has 152 valence electrons. The smallest absolute Gasteiger partial charge is 0.303 e. The maximum Gasteiger partial charge on any atom is 0.303 e. The molecule has 0 bridgehead atoms. The van der Waals surface area contributed by atoms with Crippen molar-refractivity contribution in [1.29, 1.82) is 0 Å². The topological polar surface area (TPSA) is 110 Å². The van der Waals surface area contributed by atoms with E-state index in [1.54, 1.807) is 0 Å². The number of nitrogens with two attached hydrogens (primary N) is 2. The van der Waals surface area contributed by atoms with Gasteiger partial charge in [0.1, 0.15) is 0 Å². The molecule has 0 aliphatic carbocycles. The van der Waals surface area contributed by atoms with Gasteiger partial charge in [0.15, 0.2) is 0 Å². The van der Waals surface area contributed by atoms with Gasteiger partial charge in [0.05, 0.1) is 0 Å². The maximum atomic E-state index is 10.3. The van der Waals surface area contributed by atoms with Crippen molar-refractivity contribution in [3.63, 3.8) is 0 Å². The third-order valence-electron chi connectivity index (χ3n) is 4.22. The van der Waals surface area contributed by atoms with Crippen LogP contribution in [0.2, 0.25) is 0 Å². The molecule has 0 saturated carbocycles. The van der Waals surface area contributed by atoms with Gasteiger partial charge in [-0.15, -0.1) is 0 Å². The number of carboxylic acid groups (broad SMARTS) is 1. The molecule has 0 aliphatic heterocycles. The van der Waals surface area contributed by atoms with Crippen molar-refractivity contribution < 1.29 is 15.0 Å². The Morgan fingerprint density at radius 1 is 0.560 bits per heavy atom. The van der Waals surface area contributed by atoms with Crippen molar-refractivity contribution in [1.82, 2.24) is 0 Å². The Bertz CT molecular complexity index is 249. The van der Waals surface area contributed by atoms with Gasteiger partial charge in [-0.2, -0.15) is 0 Å². The Kier molecular flexibility index (Phi) is 27.2. The monoisotopic (exact) mass is 360 g/mol. The molecule has 0 amide bonds. The Hall–Kier alpha value is -0.650. The standard InChI is InChI=1S/C18H36O3.C2H8N2/c19-17-15-13-11-9-7-5-3-1-2-4-6-8-10-12-14-16-18(20)21;3-1-2-4/h19H,1-17H2,(H,20,21);1-4H2. The van der Waals surface area contributed by atoms with E-state index < -0.39 is 5.97 Å². The van der Waals surface area contributed by atoms with Gasteiger partial charge < -0.3 is 21.7 Å². The number of unbranched alkanes of at least 4 members (excludes halogenated alkanes) is 14. The molecule has 0 aromatic heterocycles. The first-order valence-electron chi connectivity index (χ1n) is 10.4. The van der Waals surface area contributed by atoms with Gasteiger partial charge in [0.25, 0.3) is 0 Å². The highest BCUT2D eigenvalue weighted by Crippen LogP contribution is 2.13. The maximum absolute atomic E-state index is 10.3. The zero-order valence-corrected chi connectivity index (χ0v) is 16.4. The summed E-state index contributed by atoms with van der Waals surface area (Å²) in [5, 5.41) is 17.2. The minimum Gasteiger partial charge on any atom is -0.481 e. The molecule has 0 aliphatic rings. The minimum atomic E-state index is -0.664. The van der Waals surface area contributed by atoms with E-state index in [-0.39, 0.29) is 0 Å². The predicted octanol–water partition coefficient (Wildman–Crippen LogP) is 4.21. The van der Waals surface area contributed by atoms with Crippen LogP contribution in [0.5, 0.6) is 0 Å². The summed E-state index contributed by atoms with van der Waals surface area (Å²) in [5.74, 6) is -0.664. The number of aliphatic carboxylic acids is 1. The van der Waals surface area contributed by atoms with Crippen molar-refractivity contribution in [2.75, 3.05) is 19.7 Å². The Morgan fingerprint density at radius 3 is 1.08 bits per heavy atom. The number of aliphatic hydroxyl groups excluding tert-OH is 1. The molecule has 0 spiro atoms. The molecule has 25 heavy (non-hydrogen) atoms. The number of carbonyl (C=O) groups is 1. The Morgan fingerprint density at radius 2 is 0.840 bits per heavy atom. The fourth-order valence-corrected chi connectivity index (χ4v) is 2.69. The molecular formula is C20H44N2O3. The van der Waals surface area contributed by atoms with Gasteiger partial charge in [0.2, 0.25) is 0 Å². The van der Waals surface area contributed by atoms with Crippen LogP contribution in [0.1, 0.15) is 103 Å². The molecule has 0 saturated heterocycles. The Labute approximate surface area is 155 Å². The lowest BCUT2D eigenvalue weighted by atomic mass is 10.0. The molecule has 0 heterocycles. The zero-order valence-electron chi connectivity index (χ0n) is 16.4. The summed E-state index contributed by atoms with van der Waals surface area (Å²) in [6, 6.07) is 0. The van der Waals surface area contributed by atoms with Crippen LogP contribution < -0.4 is 11.5 Å². The van der Waals surface area contributed by atoms with Gasteiger partial charge >= 0.3 is 5.97 Å². The van der Waals surface area contributed by atoms with E-state index in [0.29, 0.717) is 26.1 Å². The van der Waals surface area contributed by atoms with E-state index in [9.17, 15) is 4.79 Å². The lowest BCUT2D eigenvalue weighted by molar-refractivity contribution is -0.137. The molecule has 0 rings (SSSR count). The summed E-state index contributed by atoms with van der Waals surface area (Å²) in [7, 11) is 0. The number of hydrogen-bond acceptors (Lipinski definition) is 4. The second-order valence-electron chi connectivity index (χ2n) is 6.75. The van der Waals surface area contributed by atoms with Crippen LogP contribution in [-0.2, 0) is 4.79 Å². The zero-order chi connectivity index (χ0) is 19.0. The lowest BCUT2D eigenvalue weighted by Gasteiger charge is -2.03. The normalized spacial score (nSPS) is 10.4. The van der Waals surface area contributed by atoms with E-state index in [4.69, 9.17) is 21.7 Å². The molecule has 0 radical (unpaired) electrons. The van der Waals surface area contributed by atoms with Crippen molar-refractivity contribution in [3.8, 4) is 0 Å². The van der Waals surface area contributed by atoms with Crippen molar-refractivity contribution in [2.45, 2.75) is 103 Å². The van der Waals surface area contributed by atoms with Gasteiger partial charge in [-0.05, 0) is 12.8 Å². The molecule has 6 N–H and O–H groups in total. The van der Waals surface area contributed by atoms with E-state index in [0.717, 1.165) is 19.3 Å². The second-order valence-corrected chi connectivity index (χ2v) is 6.75. The van der Waals surface area contributed by atoms with Crippen LogP contribution in [0.15, 0.2) is 0 Å². The number of carboxylic acids is 1. The first-order valence-corrected chi connectivity index (χ1v) is 10.4. The predicted molar refractivity (Wildman–Crippen MR) is 107 cm³/mol. The summed E-state index contributed by atoms with van der Waals surface area (Å²) >= 11 is 0. The largest absolute Gasteiger partial charge is 0.481 e. The molecule has 0 aromatic carbocycles. The highest BCUT2D eigenvalue weighted by molar-refractivity contribution is 5.66. The van der Waals surface area contributed by atoms with E-state index in [2.05, 4.69) is 0 Å². The van der Waals surface area contributed by atoms with E-state index in [1.165, 1.54) is 77.0 Å². The SMILES string of the molecule is NCCN.O=C(O)CCCCCCCCCCCCCCCCCO. The van der Waals surface area contributed by atoms with E-state index in [1.807, 2.05) is 0 Å². The average molecular weight is 361 g/mol. The molecule has 0 unspecified atom stereocenters. The van der Waals surface area contributed by atoms with Crippen molar-refractivity contribution >= 4 is 5.97 Å². The van der Waals surface area contributed by atoms with Crippen LogP contribution in [-0.4, -0.2) is 35.9 Å². The molecular weight excluding hydrogens is 316 g/mol. The quantitative estimate of drug-likeness (QED) is 0.274. The fourth-order valence-electron chi connectivity index (χ4n) is 2.69. The molecule has 0 fully saturated rings. The van der Waals surface area contributed by atoms with Crippen LogP contribution in [0, 0.1) is 0 Å². The fraction of sp³-hybridized carbons (Fsp3) is 0.950. The molecule has 0 aromatic rings. The first kappa shape index (κ1) is 26.6. The van der Waals surface area contributed by atoms with Gasteiger partial charge in [-0.1, -0.05) is 83.5 Å². The summed E-state index contributed by atoms with van der Waals surface area (Å²) in [4.78, 5) is 10.3. The minimum absolute atomic E-state index is 0.333. The third-order valence-corrected chi connectivity index (χ3v) is 4.22. The first-order chi connectivity index (χ1) is 12.2.